The van der Waals surface area contributed by atoms with Crippen molar-refractivity contribution in [1.29, 1.82) is 0 Å². The molecule has 1 N–H and O–H groups in total. The SMILES string of the molecule is CC(C(=O)N(C)Cc1ccccc1)N1CCC(N(C)CC(=O)O)CC1.Cl. The molecule has 1 amide bonds. The number of rotatable bonds is 7. The third-order valence-corrected chi connectivity index (χ3v) is 5.05. The normalized spacial score (nSPS) is 16.8. The Labute approximate surface area is 162 Å². The number of aliphatic carboxylic acids is 1. The van der Waals surface area contributed by atoms with E-state index in [1.807, 2.05) is 56.3 Å². The van der Waals surface area contributed by atoms with Gasteiger partial charge in [0.1, 0.15) is 0 Å². The average molecular weight is 384 g/mol. The smallest absolute Gasteiger partial charge is 0.317 e. The lowest BCUT2D eigenvalue weighted by Crippen LogP contribution is -2.51. The van der Waals surface area contributed by atoms with E-state index in [9.17, 15) is 9.59 Å². The number of hydrogen-bond acceptors (Lipinski definition) is 4. The molecule has 146 valence electrons. The molecule has 1 atom stereocenters. The summed E-state index contributed by atoms with van der Waals surface area (Å²) in [5.41, 5.74) is 1.12. The van der Waals surface area contributed by atoms with Crippen LogP contribution in [0.1, 0.15) is 25.3 Å². The Morgan fingerprint density at radius 1 is 1.19 bits per heavy atom. The first-order valence-electron chi connectivity index (χ1n) is 8.83. The zero-order valence-corrected chi connectivity index (χ0v) is 16.6. The number of likely N-dealkylation sites (N-methyl/N-ethyl adjacent to an activating group) is 2. The zero-order valence-electron chi connectivity index (χ0n) is 15.8. The van der Waals surface area contributed by atoms with E-state index in [4.69, 9.17) is 5.11 Å². The van der Waals surface area contributed by atoms with E-state index in [2.05, 4.69) is 4.90 Å². The highest BCUT2D eigenvalue weighted by Gasteiger charge is 2.30. The van der Waals surface area contributed by atoms with Gasteiger partial charge in [0.15, 0.2) is 0 Å². The van der Waals surface area contributed by atoms with Gasteiger partial charge in [0.05, 0.1) is 12.6 Å². The summed E-state index contributed by atoms with van der Waals surface area (Å²) in [5, 5.41) is 8.91. The molecule has 1 unspecified atom stereocenters. The molecule has 0 bridgehead atoms. The highest BCUT2D eigenvalue weighted by Crippen LogP contribution is 2.18. The van der Waals surface area contributed by atoms with Crippen LogP contribution in [-0.4, -0.2) is 77.5 Å². The van der Waals surface area contributed by atoms with E-state index in [0.717, 1.165) is 31.5 Å². The van der Waals surface area contributed by atoms with Crippen LogP contribution in [-0.2, 0) is 16.1 Å². The van der Waals surface area contributed by atoms with Gasteiger partial charge in [0.25, 0.3) is 0 Å². The molecule has 0 radical (unpaired) electrons. The van der Waals surface area contributed by atoms with Crippen molar-refractivity contribution in [1.82, 2.24) is 14.7 Å². The van der Waals surface area contributed by atoms with Gasteiger partial charge < -0.3 is 10.0 Å². The third kappa shape index (κ3) is 6.27. The lowest BCUT2D eigenvalue weighted by atomic mass is 10.0. The molecule has 1 fully saturated rings. The second kappa shape index (κ2) is 10.5. The van der Waals surface area contributed by atoms with Gasteiger partial charge in [-0.25, -0.2) is 0 Å². The highest BCUT2D eigenvalue weighted by molar-refractivity contribution is 5.85. The van der Waals surface area contributed by atoms with Crippen LogP contribution in [0.5, 0.6) is 0 Å². The zero-order chi connectivity index (χ0) is 18.4. The Hall–Kier alpha value is -1.63. The van der Waals surface area contributed by atoms with Gasteiger partial charge >= 0.3 is 5.97 Å². The number of benzene rings is 1. The molecule has 0 saturated carbocycles. The standard InChI is InChI=1S/C19H29N3O3.ClH/c1-15(19(25)21(3)13-16-7-5-4-6-8-16)22-11-9-17(10-12-22)20(2)14-18(23)24;/h4-8,15,17H,9-14H2,1-3H3,(H,23,24);1H. The third-order valence-electron chi connectivity index (χ3n) is 5.05. The van der Waals surface area contributed by atoms with Crippen molar-refractivity contribution in [2.75, 3.05) is 33.7 Å². The molecule has 7 heteroatoms. The Bertz CT molecular complexity index is 577. The van der Waals surface area contributed by atoms with Gasteiger partial charge in [-0.3, -0.25) is 19.4 Å². The predicted molar refractivity (Wildman–Crippen MR) is 104 cm³/mol. The van der Waals surface area contributed by atoms with Crippen LogP contribution < -0.4 is 0 Å². The van der Waals surface area contributed by atoms with E-state index < -0.39 is 5.97 Å². The number of carboxylic acid groups (broad SMARTS) is 1. The monoisotopic (exact) mass is 383 g/mol. The number of hydrogen-bond donors (Lipinski definition) is 1. The number of amides is 1. The van der Waals surface area contributed by atoms with Crippen molar-refractivity contribution in [2.45, 2.75) is 38.4 Å². The summed E-state index contributed by atoms with van der Waals surface area (Å²) in [7, 11) is 3.70. The van der Waals surface area contributed by atoms with Crippen molar-refractivity contribution in [2.24, 2.45) is 0 Å². The lowest BCUT2D eigenvalue weighted by Gasteiger charge is -2.39. The maximum Gasteiger partial charge on any atom is 0.317 e. The minimum atomic E-state index is -0.795. The van der Waals surface area contributed by atoms with Gasteiger partial charge in [0, 0.05) is 32.7 Å². The summed E-state index contributed by atoms with van der Waals surface area (Å²) in [6.45, 7) is 4.29. The van der Waals surface area contributed by atoms with E-state index in [1.165, 1.54) is 0 Å². The fraction of sp³-hybridized carbons (Fsp3) is 0.579. The molecular weight excluding hydrogens is 354 g/mol. The number of likely N-dealkylation sites (tertiary alicyclic amines) is 1. The molecule has 1 aliphatic heterocycles. The predicted octanol–water partition coefficient (Wildman–Crippen LogP) is 1.94. The fourth-order valence-electron chi connectivity index (χ4n) is 3.47. The molecule has 1 aromatic rings. The van der Waals surface area contributed by atoms with Crippen LogP contribution in [0.25, 0.3) is 0 Å². The second-order valence-electron chi connectivity index (χ2n) is 6.93. The number of carboxylic acids is 1. The average Bonchev–Trinajstić information content (AvgIpc) is 2.60. The van der Waals surface area contributed by atoms with Crippen molar-refractivity contribution in [3.8, 4) is 0 Å². The Morgan fingerprint density at radius 3 is 2.31 bits per heavy atom. The first-order valence-corrected chi connectivity index (χ1v) is 8.83. The maximum absolute atomic E-state index is 12.7. The van der Waals surface area contributed by atoms with Gasteiger partial charge in [-0.2, -0.15) is 0 Å². The molecule has 0 aromatic heterocycles. The molecule has 2 rings (SSSR count). The minimum absolute atomic E-state index is 0. The summed E-state index contributed by atoms with van der Waals surface area (Å²) in [6, 6.07) is 10.1. The molecular formula is C19H30ClN3O3. The Kier molecular flexibility index (Phi) is 9.05. The van der Waals surface area contributed by atoms with Gasteiger partial charge in [-0.15, -0.1) is 12.4 Å². The fourth-order valence-corrected chi connectivity index (χ4v) is 3.47. The second-order valence-corrected chi connectivity index (χ2v) is 6.93. The van der Waals surface area contributed by atoms with Crippen molar-refractivity contribution >= 4 is 24.3 Å². The summed E-state index contributed by atoms with van der Waals surface area (Å²) < 4.78 is 0. The van der Waals surface area contributed by atoms with Crippen LogP contribution in [0.2, 0.25) is 0 Å². The van der Waals surface area contributed by atoms with E-state index in [0.29, 0.717) is 6.54 Å². The maximum atomic E-state index is 12.7. The number of carbonyl (C=O) groups excluding carboxylic acids is 1. The number of halogens is 1. The first kappa shape index (κ1) is 22.4. The molecule has 1 saturated heterocycles. The minimum Gasteiger partial charge on any atom is -0.480 e. The van der Waals surface area contributed by atoms with Gasteiger partial charge in [-0.1, -0.05) is 30.3 Å². The van der Waals surface area contributed by atoms with Crippen LogP contribution in [0.15, 0.2) is 30.3 Å². The largest absolute Gasteiger partial charge is 0.480 e. The number of carbonyl (C=O) groups is 2. The van der Waals surface area contributed by atoms with Crippen molar-refractivity contribution in [3.05, 3.63) is 35.9 Å². The molecule has 1 aliphatic rings. The quantitative estimate of drug-likeness (QED) is 0.779. The molecule has 0 spiro atoms. The summed E-state index contributed by atoms with van der Waals surface area (Å²) in [4.78, 5) is 29.4. The Balaban J connectivity index is 0.00000338. The topological polar surface area (TPSA) is 64.1 Å². The first-order chi connectivity index (χ1) is 11.9. The van der Waals surface area contributed by atoms with Crippen molar-refractivity contribution < 1.29 is 14.7 Å². The summed E-state index contributed by atoms with van der Waals surface area (Å²) in [6.07, 6.45) is 1.79. The van der Waals surface area contributed by atoms with Crippen molar-refractivity contribution in [3.63, 3.8) is 0 Å². The van der Waals surface area contributed by atoms with E-state index in [-0.39, 0.29) is 36.9 Å². The summed E-state index contributed by atoms with van der Waals surface area (Å²) >= 11 is 0. The van der Waals surface area contributed by atoms with Gasteiger partial charge in [0.2, 0.25) is 5.91 Å². The van der Waals surface area contributed by atoms with E-state index in [1.54, 1.807) is 4.90 Å². The molecule has 0 aliphatic carbocycles. The molecule has 1 heterocycles. The van der Waals surface area contributed by atoms with Crippen LogP contribution in [0.3, 0.4) is 0 Å². The van der Waals surface area contributed by atoms with E-state index >= 15 is 0 Å². The highest BCUT2D eigenvalue weighted by atomic mass is 35.5. The number of nitrogens with zero attached hydrogens (tertiary/aromatic N) is 3. The summed E-state index contributed by atoms with van der Waals surface area (Å²) in [5.74, 6) is -0.669. The number of piperidine rings is 1. The Morgan fingerprint density at radius 2 is 1.77 bits per heavy atom. The van der Waals surface area contributed by atoms with Crippen LogP contribution in [0, 0.1) is 0 Å². The lowest BCUT2D eigenvalue weighted by molar-refractivity contribution is -0.138. The van der Waals surface area contributed by atoms with Gasteiger partial charge in [-0.05, 0) is 32.4 Å². The molecule has 26 heavy (non-hydrogen) atoms. The van der Waals surface area contributed by atoms with Crippen LogP contribution >= 0.6 is 12.4 Å². The molecule has 1 aromatic carbocycles. The molecule has 6 nitrogen and oxygen atoms in total. The van der Waals surface area contributed by atoms with Crippen LogP contribution in [0.4, 0.5) is 0 Å².